The average molecular weight is 563 g/mol. The Morgan fingerprint density at radius 2 is 1.36 bits per heavy atom. The fraction of sp³-hybridized carbons (Fsp3) is 0.207. The summed E-state index contributed by atoms with van der Waals surface area (Å²) in [6.07, 6.45) is -0.440. The predicted octanol–water partition coefficient (Wildman–Crippen LogP) is 5.00. The van der Waals surface area contributed by atoms with E-state index >= 15 is 0 Å². The Morgan fingerprint density at radius 1 is 0.795 bits per heavy atom. The maximum Gasteiger partial charge on any atom is 0.407 e. The van der Waals surface area contributed by atoms with Crippen molar-refractivity contribution in [3.8, 4) is 11.1 Å². The number of hydroxylamine groups is 1. The van der Waals surface area contributed by atoms with Gasteiger partial charge in [-0.3, -0.25) is 4.79 Å². The first-order valence-corrected chi connectivity index (χ1v) is 14.1. The molecule has 4 aromatic rings. The normalized spacial score (nSPS) is 13.6. The smallest absolute Gasteiger partial charge is 0.407 e. The lowest BCUT2D eigenvalue weighted by molar-refractivity contribution is -0.159. The number of benzene rings is 2. The van der Waals surface area contributed by atoms with Crippen LogP contribution in [0, 0.1) is 0 Å². The molecule has 8 nitrogen and oxygen atoms in total. The van der Waals surface area contributed by atoms with E-state index in [1.807, 2.05) is 71.4 Å². The molecule has 2 aromatic carbocycles. The number of carboxylic acids is 1. The van der Waals surface area contributed by atoms with Gasteiger partial charge in [0.15, 0.2) is 0 Å². The minimum Gasteiger partial charge on any atom is -0.480 e. The molecule has 2 heterocycles. The van der Waals surface area contributed by atoms with E-state index in [2.05, 4.69) is 22.9 Å². The van der Waals surface area contributed by atoms with Crippen LogP contribution in [0.3, 0.4) is 0 Å². The zero-order chi connectivity index (χ0) is 27.2. The second kappa shape index (κ2) is 12.2. The van der Waals surface area contributed by atoms with Crippen LogP contribution in [-0.2, 0) is 32.0 Å². The van der Waals surface area contributed by atoms with Crippen molar-refractivity contribution in [2.45, 2.75) is 30.8 Å². The Morgan fingerprint density at radius 3 is 1.90 bits per heavy atom. The largest absolute Gasteiger partial charge is 0.480 e. The number of fused-ring (bicyclic) bond motifs is 3. The van der Waals surface area contributed by atoms with Crippen LogP contribution in [0.1, 0.15) is 26.8 Å². The molecular formula is C29H26N2O6S2. The molecular weight excluding hydrogens is 536 g/mol. The SMILES string of the molecule is O=C(N[C@@H](Cc1cccs1)C(=O)ON[C@@H](Cc1cccs1)C(=O)O)OCC1c2ccccc2-c2ccccc21. The number of carbonyl (C=O) groups excluding carboxylic acids is 2. The lowest BCUT2D eigenvalue weighted by Crippen LogP contribution is -2.48. The van der Waals surface area contributed by atoms with Gasteiger partial charge in [0, 0.05) is 28.5 Å². The maximum absolute atomic E-state index is 13.0. The molecule has 0 aliphatic heterocycles. The van der Waals surface area contributed by atoms with Gasteiger partial charge in [-0.05, 0) is 45.1 Å². The number of alkyl carbamates (subject to hydrolysis) is 1. The molecule has 0 radical (unpaired) electrons. The zero-order valence-corrected chi connectivity index (χ0v) is 22.4. The van der Waals surface area contributed by atoms with Crippen LogP contribution in [0.4, 0.5) is 4.79 Å². The van der Waals surface area contributed by atoms with Gasteiger partial charge in [-0.15, -0.1) is 28.2 Å². The Bertz CT molecular complexity index is 1390. The van der Waals surface area contributed by atoms with Crippen LogP contribution in [0.2, 0.25) is 0 Å². The van der Waals surface area contributed by atoms with Gasteiger partial charge >= 0.3 is 18.0 Å². The number of carbonyl (C=O) groups is 3. The quantitative estimate of drug-likeness (QED) is 0.220. The highest BCUT2D eigenvalue weighted by Crippen LogP contribution is 2.44. The summed E-state index contributed by atoms with van der Waals surface area (Å²) in [4.78, 5) is 44.4. The molecule has 10 heteroatoms. The van der Waals surface area contributed by atoms with Crippen molar-refractivity contribution in [3.63, 3.8) is 0 Å². The molecule has 2 atom stereocenters. The molecule has 1 aliphatic carbocycles. The van der Waals surface area contributed by atoms with E-state index in [0.717, 1.165) is 32.0 Å². The number of amides is 1. The number of aliphatic carboxylic acids is 1. The van der Waals surface area contributed by atoms with Gasteiger partial charge in [0.25, 0.3) is 0 Å². The van der Waals surface area contributed by atoms with Gasteiger partial charge in [-0.1, -0.05) is 60.7 Å². The van der Waals surface area contributed by atoms with E-state index in [4.69, 9.17) is 9.57 Å². The van der Waals surface area contributed by atoms with Crippen molar-refractivity contribution in [3.05, 3.63) is 104 Å². The number of rotatable bonds is 11. The second-order valence-corrected chi connectivity index (χ2v) is 11.1. The molecule has 0 saturated carbocycles. The highest BCUT2D eigenvalue weighted by molar-refractivity contribution is 7.10. The third kappa shape index (κ3) is 6.36. The zero-order valence-electron chi connectivity index (χ0n) is 20.7. The molecule has 2 aromatic heterocycles. The number of thiophene rings is 2. The Balaban J connectivity index is 1.23. The molecule has 0 fully saturated rings. The van der Waals surface area contributed by atoms with E-state index < -0.39 is 30.1 Å². The summed E-state index contributed by atoms with van der Waals surface area (Å²) < 4.78 is 5.61. The standard InChI is InChI=1S/C29H26N2O6S2/c32-27(33)25(15-18-7-5-13-38-18)31-37-28(34)26(16-19-8-6-14-39-19)30-29(35)36-17-24-22-11-3-1-9-20(22)21-10-2-4-12-23(21)24/h1-14,24-26,31H,15-17H2,(H,30,35)(H,32,33)/t25-,26-/m0/s1. The summed E-state index contributed by atoms with van der Waals surface area (Å²) in [6.45, 7) is 0.0980. The van der Waals surface area contributed by atoms with Crippen molar-refractivity contribution in [1.29, 1.82) is 0 Å². The van der Waals surface area contributed by atoms with Crippen LogP contribution >= 0.6 is 22.7 Å². The topological polar surface area (TPSA) is 114 Å². The van der Waals surface area contributed by atoms with Gasteiger partial charge in [0.1, 0.15) is 18.7 Å². The summed E-state index contributed by atoms with van der Waals surface area (Å²) >= 11 is 2.84. The fourth-order valence-corrected chi connectivity index (χ4v) is 6.12. The van der Waals surface area contributed by atoms with E-state index in [1.54, 1.807) is 0 Å². The Kier molecular flexibility index (Phi) is 8.36. The first kappa shape index (κ1) is 26.6. The number of ether oxygens (including phenoxy) is 1. The van der Waals surface area contributed by atoms with E-state index in [-0.39, 0.29) is 25.4 Å². The molecule has 39 heavy (non-hydrogen) atoms. The molecule has 200 valence electrons. The maximum atomic E-state index is 13.0. The molecule has 0 spiro atoms. The van der Waals surface area contributed by atoms with E-state index in [0.29, 0.717) is 0 Å². The monoisotopic (exact) mass is 562 g/mol. The summed E-state index contributed by atoms with van der Waals surface area (Å²) in [5.74, 6) is -2.09. The molecule has 5 rings (SSSR count). The molecule has 1 aliphatic rings. The van der Waals surface area contributed by atoms with Crippen molar-refractivity contribution in [2.75, 3.05) is 6.61 Å². The number of carboxylic acid groups (broad SMARTS) is 1. The molecule has 3 N–H and O–H groups in total. The van der Waals surface area contributed by atoms with E-state index in [1.165, 1.54) is 22.7 Å². The first-order chi connectivity index (χ1) is 19.0. The summed E-state index contributed by atoms with van der Waals surface area (Å²) in [6, 6.07) is 21.1. The van der Waals surface area contributed by atoms with Crippen LogP contribution in [0.25, 0.3) is 11.1 Å². The Labute approximate surface area is 233 Å². The van der Waals surface area contributed by atoms with Crippen LogP contribution in [-0.4, -0.2) is 41.8 Å². The molecule has 1 amide bonds. The average Bonchev–Trinajstić information content (AvgIpc) is 3.70. The lowest BCUT2D eigenvalue weighted by Gasteiger charge is -2.20. The predicted molar refractivity (Wildman–Crippen MR) is 149 cm³/mol. The number of hydrogen-bond donors (Lipinski definition) is 3. The third-order valence-corrected chi connectivity index (χ3v) is 8.29. The van der Waals surface area contributed by atoms with Crippen molar-refractivity contribution in [1.82, 2.24) is 10.8 Å². The summed E-state index contributed by atoms with van der Waals surface area (Å²) in [7, 11) is 0. The summed E-state index contributed by atoms with van der Waals surface area (Å²) in [5.41, 5.74) is 6.74. The van der Waals surface area contributed by atoms with Crippen LogP contribution < -0.4 is 10.8 Å². The summed E-state index contributed by atoms with van der Waals surface area (Å²) in [5, 5.41) is 15.9. The van der Waals surface area contributed by atoms with Gasteiger partial charge < -0.3 is 20.0 Å². The minimum atomic E-state index is -1.16. The highest BCUT2D eigenvalue weighted by Gasteiger charge is 2.31. The first-order valence-electron chi connectivity index (χ1n) is 12.3. The van der Waals surface area contributed by atoms with E-state index in [9.17, 15) is 19.5 Å². The number of nitrogens with one attached hydrogen (secondary N) is 2. The van der Waals surface area contributed by atoms with Gasteiger partial charge in [0.05, 0.1) is 0 Å². The third-order valence-electron chi connectivity index (χ3n) is 6.49. The van der Waals surface area contributed by atoms with Crippen molar-refractivity contribution >= 4 is 40.7 Å². The number of hydrogen-bond acceptors (Lipinski definition) is 8. The highest BCUT2D eigenvalue weighted by atomic mass is 32.1. The van der Waals surface area contributed by atoms with Crippen LogP contribution in [0.15, 0.2) is 83.6 Å². The fourth-order valence-electron chi connectivity index (χ4n) is 4.62. The van der Waals surface area contributed by atoms with Crippen molar-refractivity contribution in [2.24, 2.45) is 0 Å². The minimum absolute atomic E-state index is 0.0980. The lowest BCUT2D eigenvalue weighted by atomic mass is 9.98. The molecule has 0 saturated heterocycles. The molecule has 0 unspecified atom stereocenters. The van der Waals surface area contributed by atoms with Gasteiger partial charge in [-0.25, -0.2) is 9.59 Å². The second-order valence-electron chi connectivity index (χ2n) is 9.02. The van der Waals surface area contributed by atoms with Gasteiger partial charge in [-0.2, -0.15) is 0 Å². The van der Waals surface area contributed by atoms with Gasteiger partial charge in [0.2, 0.25) is 0 Å². The Hall–Kier alpha value is -3.99. The molecule has 0 bridgehead atoms. The van der Waals surface area contributed by atoms with Crippen LogP contribution in [0.5, 0.6) is 0 Å². The van der Waals surface area contributed by atoms with Crippen molar-refractivity contribution < 1.29 is 29.1 Å².